The van der Waals surface area contributed by atoms with Gasteiger partial charge >= 0.3 is 6.03 Å². The molecule has 2 aromatic carbocycles. The molecule has 0 saturated heterocycles. The average Bonchev–Trinajstić information content (AvgIpc) is 2.65. The predicted molar refractivity (Wildman–Crippen MR) is 83.7 cm³/mol. The van der Waals surface area contributed by atoms with Gasteiger partial charge in [-0.3, -0.25) is 4.79 Å². The Morgan fingerprint density at radius 1 is 1.09 bits per heavy atom. The summed E-state index contributed by atoms with van der Waals surface area (Å²) in [6, 6.07) is 16.0. The number of nitrogens with zero attached hydrogens (tertiary/aromatic N) is 1. The van der Waals surface area contributed by atoms with Crippen LogP contribution in [0.1, 0.15) is 11.1 Å². The van der Waals surface area contributed by atoms with Crippen LogP contribution < -0.4 is 16.4 Å². The molecule has 0 unspecified atom stereocenters. The standard InChI is InChI=1S/C16H14N4O2/c17-16(22)20-14-15(21)18-12-9-5-4-8-11(12)13(19-14)10-6-2-1-3-7-10/h1-9,14H,(H,18,21)(H3,17,20,22)/t14-/m1/s1. The average molecular weight is 294 g/mol. The van der Waals surface area contributed by atoms with E-state index in [-0.39, 0.29) is 0 Å². The topological polar surface area (TPSA) is 96.6 Å². The number of carbonyl (C=O) groups excluding carboxylic acids is 2. The molecule has 3 rings (SSSR count). The van der Waals surface area contributed by atoms with Crippen LogP contribution >= 0.6 is 0 Å². The summed E-state index contributed by atoms with van der Waals surface area (Å²) < 4.78 is 0. The van der Waals surface area contributed by atoms with E-state index in [0.717, 1.165) is 11.1 Å². The highest BCUT2D eigenvalue weighted by atomic mass is 16.2. The Hall–Kier alpha value is -3.15. The first-order valence-electron chi connectivity index (χ1n) is 6.74. The van der Waals surface area contributed by atoms with Crippen molar-refractivity contribution in [1.82, 2.24) is 5.32 Å². The normalized spacial score (nSPS) is 16.8. The lowest BCUT2D eigenvalue weighted by molar-refractivity contribution is -0.117. The van der Waals surface area contributed by atoms with Gasteiger partial charge in [0, 0.05) is 11.1 Å². The summed E-state index contributed by atoms with van der Waals surface area (Å²) in [5, 5.41) is 5.10. The Labute approximate surface area is 127 Å². The molecular weight excluding hydrogens is 280 g/mol. The number of aliphatic imine (C=N–C) groups is 1. The number of hydrogen-bond donors (Lipinski definition) is 3. The summed E-state index contributed by atoms with van der Waals surface area (Å²) in [6.45, 7) is 0. The van der Waals surface area contributed by atoms with Crippen molar-refractivity contribution in [2.24, 2.45) is 10.7 Å². The second-order valence-corrected chi connectivity index (χ2v) is 4.79. The van der Waals surface area contributed by atoms with E-state index in [1.54, 1.807) is 6.07 Å². The minimum atomic E-state index is -1.07. The molecule has 2 aromatic rings. The largest absolute Gasteiger partial charge is 0.352 e. The van der Waals surface area contributed by atoms with E-state index in [1.807, 2.05) is 48.5 Å². The van der Waals surface area contributed by atoms with Crippen LogP contribution in [-0.2, 0) is 4.79 Å². The zero-order valence-electron chi connectivity index (χ0n) is 11.6. The number of para-hydroxylation sites is 1. The van der Waals surface area contributed by atoms with Crippen LogP contribution in [-0.4, -0.2) is 23.8 Å². The van der Waals surface area contributed by atoms with Gasteiger partial charge in [-0.25, -0.2) is 9.79 Å². The van der Waals surface area contributed by atoms with Crippen molar-refractivity contribution in [1.29, 1.82) is 0 Å². The SMILES string of the molecule is NC(=O)N[C@H]1N=C(c2ccccc2)c2ccccc2NC1=O. The van der Waals surface area contributed by atoms with Gasteiger partial charge < -0.3 is 16.4 Å². The lowest BCUT2D eigenvalue weighted by Gasteiger charge is -2.11. The highest BCUT2D eigenvalue weighted by Gasteiger charge is 2.26. The lowest BCUT2D eigenvalue weighted by atomic mass is 10.0. The molecule has 4 N–H and O–H groups in total. The van der Waals surface area contributed by atoms with Gasteiger partial charge in [-0.05, 0) is 6.07 Å². The van der Waals surface area contributed by atoms with E-state index >= 15 is 0 Å². The van der Waals surface area contributed by atoms with Gasteiger partial charge in [0.25, 0.3) is 5.91 Å². The third kappa shape index (κ3) is 2.67. The van der Waals surface area contributed by atoms with Gasteiger partial charge in [0.2, 0.25) is 6.17 Å². The Balaban J connectivity index is 2.15. The van der Waals surface area contributed by atoms with Crippen LogP contribution in [0, 0.1) is 0 Å². The van der Waals surface area contributed by atoms with Gasteiger partial charge in [-0.2, -0.15) is 0 Å². The van der Waals surface area contributed by atoms with Crippen LogP contribution in [0.15, 0.2) is 59.6 Å². The number of fused-ring (bicyclic) bond motifs is 1. The number of nitrogens with one attached hydrogen (secondary N) is 2. The van der Waals surface area contributed by atoms with Crippen LogP contribution in [0.4, 0.5) is 10.5 Å². The molecule has 3 amide bonds. The maximum atomic E-state index is 12.2. The molecule has 0 aromatic heterocycles. The van der Waals surface area contributed by atoms with Crippen molar-refractivity contribution in [3.63, 3.8) is 0 Å². The maximum absolute atomic E-state index is 12.2. The number of anilines is 1. The van der Waals surface area contributed by atoms with Crippen molar-refractivity contribution >= 4 is 23.3 Å². The van der Waals surface area contributed by atoms with Gasteiger partial charge in [-0.15, -0.1) is 0 Å². The number of urea groups is 1. The van der Waals surface area contributed by atoms with Gasteiger partial charge in [-0.1, -0.05) is 48.5 Å². The molecule has 6 heteroatoms. The van der Waals surface area contributed by atoms with Gasteiger partial charge in [0.1, 0.15) is 0 Å². The summed E-state index contributed by atoms with van der Waals surface area (Å²) in [7, 11) is 0. The zero-order chi connectivity index (χ0) is 15.5. The number of nitrogens with two attached hydrogens (primary N) is 1. The smallest absolute Gasteiger partial charge is 0.314 e. The first-order chi connectivity index (χ1) is 10.6. The molecule has 1 atom stereocenters. The Morgan fingerprint density at radius 2 is 1.77 bits per heavy atom. The van der Waals surface area contributed by atoms with E-state index in [1.165, 1.54) is 0 Å². The fourth-order valence-electron chi connectivity index (χ4n) is 2.32. The first-order valence-corrected chi connectivity index (χ1v) is 6.74. The molecule has 0 saturated carbocycles. The van der Waals surface area contributed by atoms with Crippen LogP contribution in [0.3, 0.4) is 0 Å². The molecule has 0 aliphatic carbocycles. The van der Waals surface area contributed by atoms with Crippen molar-refractivity contribution in [2.75, 3.05) is 5.32 Å². The number of carbonyl (C=O) groups is 2. The molecule has 6 nitrogen and oxygen atoms in total. The van der Waals surface area contributed by atoms with Crippen LogP contribution in [0.25, 0.3) is 0 Å². The quantitative estimate of drug-likeness (QED) is 0.782. The van der Waals surface area contributed by atoms with Crippen molar-refractivity contribution in [3.05, 3.63) is 65.7 Å². The van der Waals surface area contributed by atoms with E-state index in [9.17, 15) is 9.59 Å². The summed E-state index contributed by atoms with van der Waals surface area (Å²) in [6.07, 6.45) is -1.07. The minimum absolute atomic E-state index is 0.433. The highest BCUT2D eigenvalue weighted by molar-refractivity contribution is 6.19. The van der Waals surface area contributed by atoms with E-state index in [2.05, 4.69) is 15.6 Å². The molecule has 1 aliphatic heterocycles. The fourth-order valence-corrected chi connectivity index (χ4v) is 2.32. The Kier molecular flexibility index (Phi) is 3.57. The Bertz CT molecular complexity index is 756. The predicted octanol–water partition coefficient (Wildman–Crippen LogP) is 1.47. The number of benzodiazepines with no additional fused rings is 1. The Morgan fingerprint density at radius 3 is 2.50 bits per heavy atom. The molecule has 0 spiro atoms. The van der Waals surface area contributed by atoms with E-state index in [4.69, 9.17) is 5.73 Å². The first kappa shape index (κ1) is 13.8. The molecule has 1 heterocycles. The monoisotopic (exact) mass is 294 g/mol. The van der Waals surface area contributed by atoms with E-state index < -0.39 is 18.1 Å². The minimum Gasteiger partial charge on any atom is -0.352 e. The van der Waals surface area contributed by atoms with Crippen LogP contribution in [0.5, 0.6) is 0 Å². The van der Waals surface area contributed by atoms with E-state index in [0.29, 0.717) is 11.4 Å². The molecule has 0 radical (unpaired) electrons. The van der Waals surface area contributed by atoms with Crippen molar-refractivity contribution in [3.8, 4) is 0 Å². The van der Waals surface area contributed by atoms with Crippen LogP contribution in [0.2, 0.25) is 0 Å². The third-order valence-electron chi connectivity index (χ3n) is 3.27. The molecular formula is C16H14N4O2. The number of hydrogen-bond acceptors (Lipinski definition) is 3. The fraction of sp³-hybridized carbons (Fsp3) is 0.0625. The molecule has 0 bridgehead atoms. The second kappa shape index (κ2) is 5.69. The van der Waals surface area contributed by atoms with Crippen molar-refractivity contribution in [2.45, 2.75) is 6.17 Å². The summed E-state index contributed by atoms with van der Waals surface area (Å²) in [4.78, 5) is 27.7. The summed E-state index contributed by atoms with van der Waals surface area (Å²) >= 11 is 0. The summed E-state index contributed by atoms with van der Waals surface area (Å²) in [5.41, 5.74) is 8.03. The second-order valence-electron chi connectivity index (χ2n) is 4.79. The summed E-state index contributed by atoms with van der Waals surface area (Å²) in [5.74, 6) is -0.433. The number of benzene rings is 2. The molecule has 22 heavy (non-hydrogen) atoms. The van der Waals surface area contributed by atoms with Gasteiger partial charge in [0.15, 0.2) is 0 Å². The van der Waals surface area contributed by atoms with Gasteiger partial charge in [0.05, 0.1) is 11.4 Å². The lowest BCUT2D eigenvalue weighted by Crippen LogP contribution is -2.44. The number of primary amides is 1. The van der Waals surface area contributed by atoms with Crippen molar-refractivity contribution < 1.29 is 9.59 Å². The number of amides is 3. The third-order valence-corrected chi connectivity index (χ3v) is 3.27. The molecule has 110 valence electrons. The zero-order valence-corrected chi connectivity index (χ0v) is 11.6. The maximum Gasteiger partial charge on any atom is 0.314 e. The molecule has 0 fully saturated rings. The number of rotatable bonds is 2. The molecule has 1 aliphatic rings. The highest BCUT2D eigenvalue weighted by Crippen LogP contribution is 2.23.